The predicted molar refractivity (Wildman–Crippen MR) is 67.2 cm³/mol. The van der Waals surface area contributed by atoms with Crippen LogP contribution in [-0.2, 0) is 4.74 Å². The smallest absolute Gasteiger partial charge is 0.271 e. The topological polar surface area (TPSA) is 64.4 Å². The number of hydrogen-bond acceptors (Lipinski definition) is 4. The van der Waals surface area contributed by atoms with Crippen LogP contribution in [0.4, 0.5) is 15.8 Å². The summed E-state index contributed by atoms with van der Waals surface area (Å²) in [7, 11) is 1.56. The zero-order chi connectivity index (χ0) is 13.7. The molecule has 0 heterocycles. The zero-order valence-corrected chi connectivity index (χ0v) is 10.6. The van der Waals surface area contributed by atoms with Crippen LogP contribution in [0.2, 0.25) is 0 Å². The number of nitrogens with one attached hydrogen (secondary N) is 1. The molecule has 1 aromatic carbocycles. The van der Waals surface area contributed by atoms with Gasteiger partial charge in [-0.25, -0.2) is 4.39 Å². The summed E-state index contributed by atoms with van der Waals surface area (Å²) in [5.74, 6) is -0.300. The Bertz CT molecular complexity index is 424. The maximum Gasteiger partial charge on any atom is 0.271 e. The standard InChI is InChI=1S/C12H17FN2O3/c1-8(2)12(7-18-3)14-11-6-9(15(16)17)4-5-10(11)13/h4-6,8,12,14H,7H2,1-3H3. The summed E-state index contributed by atoms with van der Waals surface area (Å²) in [5.41, 5.74) is -0.0150. The first-order valence-electron chi connectivity index (χ1n) is 5.65. The summed E-state index contributed by atoms with van der Waals surface area (Å²) in [6.45, 7) is 4.33. The summed E-state index contributed by atoms with van der Waals surface area (Å²) in [6, 6.07) is 3.32. The Morgan fingerprint density at radius 2 is 2.17 bits per heavy atom. The van der Waals surface area contributed by atoms with Crippen LogP contribution in [0.25, 0.3) is 0 Å². The van der Waals surface area contributed by atoms with Crippen LogP contribution in [0.1, 0.15) is 13.8 Å². The molecular formula is C12H17FN2O3. The highest BCUT2D eigenvalue weighted by Crippen LogP contribution is 2.23. The Balaban J connectivity index is 2.93. The molecular weight excluding hydrogens is 239 g/mol. The molecule has 0 radical (unpaired) electrons. The van der Waals surface area contributed by atoms with Crippen LogP contribution in [0.5, 0.6) is 0 Å². The Morgan fingerprint density at radius 3 is 2.67 bits per heavy atom. The number of halogens is 1. The third-order valence-electron chi connectivity index (χ3n) is 2.65. The zero-order valence-electron chi connectivity index (χ0n) is 10.6. The quantitative estimate of drug-likeness (QED) is 0.628. The molecule has 0 aliphatic rings. The minimum absolute atomic E-state index is 0.105. The van der Waals surface area contributed by atoms with Crippen LogP contribution >= 0.6 is 0 Å². The monoisotopic (exact) mass is 256 g/mol. The highest BCUT2D eigenvalue weighted by Gasteiger charge is 2.17. The lowest BCUT2D eigenvalue weighted by Crippen LogP contribution is -2.30. The number of rotatable bonds is 6. The summed E-state index contributed by atoms with van der Waals surface area (Å²) < 4.78 is 18.6. The van der Waals surface area contributed by atoms with E-state index in [9.17, 15) is 14.5 Å². The summed E-state index contributed by atoms with van der Waals surface area (Å²) in [5, 5.41) is 13.6. The molecule has 0 bridgehead atoms. The van der Waals surface area contributed by atoms with E-state index in [0.717, 1.165) is 12.1 Å². The summed E-state index contributed by atoms with van der Waals surface area (Å²) in [4.78, 5) is 10.1. The first-order chi connectivity index (χ1) is 8.45. The molecule has 100 valence electrons. The minimum Gasteiger partial charge on any atom is -0.383 e. The highest BCUT2D eigenvalue weighted by atomic mass is 19.1. The SMILES string of the molecule is COCC(Nc1cc([N+](=O)[O-])ccc1F)C(C)C. The molecule has 0 saturated carbocycles. The number of anilines is 1. The van der Waals surface area contributed by atoms with Gasteiger partial charge in [0, 0.05) is 19.2 Å². The van der Waals surface area contributed by atoms with Crippen molar-refractivity contribution in [2.24, 2.45) is 5.92 Å². The van der Waals surface area contributed by atoms with Crippen molar-refractivity contribution in [1.82, 2.24) is 0 Å². The van der Waals surface area contributed by atoms with Gasteiger partial charge in [-0.3, -0.25) is 10.1 Å². The van der Waals surface area contributed by atoms with E-state index in [-0.39, 0.29) is 23.3 Å². The fraction of sp³-hybridized carbons (Fsp3) is 0.500. The average molecular weight is 256 g/mol. The molecule has 6 heteroatoms. The van der Waals surface area contributed by atoms with Gasteiger partial charge >= 0.3 is 0 Å². The van der Waals surface area contributed by atoms with Gasteiger partial charge in [-0.05, 0) is 12.0 Å². The second-order valence-electron chi connectivity index (χ2n) is 4.37. The van der Waals surface area contributed by atoms with Crippen molar-refractivity contribution in [1.29, 1.82) is 0 Å². The Hall–Kier alpha value is -1.69. The second kappa shape index (κ2) is 6.30. The van der Waals surface area contributed by atoms with Crippen molar-refractivity contribution in [3.05, 3.63) is 34.1 Å². The minimum atomic E-state index is -0.550. The fourth-order valence-electron chi connectivity index (χ4n) is 1.52. The van der Waals surface area contributed by atoms with Gasteiger partial charge in [0.15, 0.2) is 0 Å². The number of nitro benzene ring substituents is 1. The molecule has 0 aromatic heterocycles. The normalized spacial score (nSPS) is 12.5. The molecule has 1 N–H and O–H groups in total. The van der Waals surface area contributed by atoms with E-state index in [1.807, 2.05) is 13.8 Å². The number of nitrogens with zero attached hydrogens (tertiary/aromatic N) is 1. The molecule has 0 aliphatic heterocycles. The van der Waals surface area contributed by atoms with Crippen molar-refractivity contribution < 1.29 is 14.1 Å². The van der Waals surface area contributed by atoms with Gasteiger partial charge in [0.1, 0.15) is 5.82 Å². The third kappa shape index (κ3) is 3.66. The lowest BCUT2D eigenvalue weighted by atomic mass is 10.0. The first-order valence-corrected chi connectivity index (χ1v) is 5.65. The van der Waals surface area contributed by atoms with E-state index in [1.54, 1.807) is 7.11 Å². The molecule has 0 spiro atoms. The van der Waals surface area contributed by atoms with Gasteiger partial charge in [0.25, 0.3) is 5.69 Å². The number of benzene rings is 1. The molecule has 0 amide bonds. The molecule has 1 unspecified atom stereocenters. The van der Waals surface area contributed by atoms with Crippen molar-refractivity contribution in [3.8, 4) is 0 Å². The number of methoxy groups -OCH3 is 1. The van der Waals surface area contributed by atoms with Crippen molar-refractivity contribution >= 4 is 11.4 Å². The Kier molecular flexibility index (Phi) is 5.03. The van der Waals surface area contributed by atoms with E-state index in [0.29, 0.717) is 6.61 Å². The molecule has 1 aromatic rings. The number of ether oxygens (including phenoxy) is 1. The molecule has 0 saturated heterocycles. The van der Waals surface area contributed by atoms with E-state index >= 15 is 0 Å². The van der Waals surface area contributed by atoms with Crippen LogP contribution in [-0.4, -0.2) is 24.7 Å². The lowest BCUT2D eigenvalue weighted by molar-refractivity contribution is -0.384. The molecule has 1 atom stereocenters. The van der Waals surface area contributed by atoms with Crippen LogP contribution < -0.4 is 5.32 Å². The van der Waals surface area contributed by atoms with Gasteiger partial charge in [-0.15, -0.1) is 0 Å². The number of hydrogen-bond donors (Lipinski definition) is 1. The lowest BCUT2D eigenvalue weighted by Gasteiger charge is -2.22. The third-order valence-corrected chi connectivity index (χ3v) is 2.65. The maximum atomic E-state index is 13.6. The highest BCUT2D eigenvalue weighted by molar-refractivity contribution is 5.52. The van der Waals surface area contributed by atoms with Crippen molar-refractivity contribution in [2.45, 2.75) is 19.9 Å². The van der Waals surface area contributed by atoms with Gasteiger partial charge in [-0.1, -0.05) is 13.8 Å². The van der Waals surface area contributed by atoms with Crippen molar-refractivity contribution in [2.75, 3.05) is 19.0 Å². The summed E-state index contributed by atoms with van der Waals surface area (Å²) in [6.07, 6.45) is 0. The van der Waals surface area contributed by atoms with Gasteiger partial charge in [0.2, 0.25) is 0 Å². The Labute approximate surface area is 105 Å². The van der Waals surface area contributed by atoms with Crippen LogP contribution in [0, 0.1) is 21.8 Å². The number of non-ortho nitro benzene ring substituents is 1. The Morgan fingerprint density at radius 1 is 1.50 bits per heavy atom. The molecule has 0 aliphatic carbocycles. The largest absolute Gasteiger partial charge is 0.383 e. The van der Waals surface area contributed by atoms with E-state index < -0.39 is 10.7 Å². The van der Waals surface area contributed by atoms with Crippen molar-refractivity contribution in [3.63, 3.8) is 0 Å². The fourth-order valence-corrected chi connectivity index (χ4v) is 1.52. The van der Waals surface area contributed by atoms with Gasteiger partial charge in [0.05, 0.1) is 23.3 Å². The van der Waals surface area contributed by atoms with E-state index in [1.165, 1.54) is 6.07 Å². The average Bonchev–Trinajstić information content (AvgIpc) is 2.30. The predicted octanol–water partition coefficient (Wildman–Crippen LogP) is 2.82. The van der Waals surface area contributed by atoms with E-state index in [2.05, 4.69) is 5.32 Å². The maximum absolute atomic E-state index is 13.6. The van der Waals surface area contributed by atoms with Crippen LogP contribution in [0.15, 0.2) is 18.2 Å². The van der Waals surface area contributed by atoms with E-state index in [4.69, 9.17) is 4.74 Å². The first kappa shape index (κ1) is 14.4. The van der Waals surface area contributed by atoms with Gasteiger partial charge < -0.3 is 10.1 Å². The molecule has 1 rings (SSSR count). The van der Waals surface area contributed by atoms with Crippen LogP contribution in [0.3, 0.4) is 0 Å². The molecule has 18 heavy (non-hydrogen) atoms. The summed E-state index contributed by atoms with van der Waals surface area (Å²) >= 11 is 0. The number of nitro groups is 1. The van der Waals surface area contributed by atoms with Gasteiger partial charge in [-0.2, -0.15) is 0 Å². The molecule has 0 fully saturated rings. The molecule has 5 nitrogen and oxygen atoms in total. The second-order valence-corrected chi connectivity index (χ2v) is 4.37.